The summed E-state index contributed by atoms with van der Waals surface area (Å²) in [4.78, 5) is 25.7. The SMILES string of the molecule is Cn1c(=O)n(-c2ccc(-n3cncn3)c(C(F)(F)F)c2)c2c3cc(-c4cccnc4)ccc3ncc21. The number of hydrogen-bond donors (Lipinski definition) is 0. The molecule has 0 aliphatic rings. The maximum atomic E-state index is 14.1. The third-order valence-corrected chi connectivity index (χ3v) is 6.09. The summed E-state index contributed by atoms with van der Waals surface area (Å²) in [6.45, 7) is 0. The number of hydrogen-bond acceptors (Lipinski definition) is 5. The van der Waals surface area contributed by atoms with Crippen molar-refractivity contribution in [1.82, 2.24) is 33.9 Å². The van der Waals surface area contributed by atoms with Crippen molar-refractivity contribution < 1.29 is 13.2 Å². The van der Waals surface area contributed by atoms with Crippen molar-refractivity contribution >= 4 is 21.9 Å². The topological polar surface area (TPSA) is 83.4 Å². The van der Waals surface area contributed by atoms with Crippen LogP contribution in [0.5, 0.6) is 0 Å². The minimum absolute atomic E-state index is 0.0704. The van der Waals surface area contributed by atoms with E-state index >= 15 is 0 Å². The Labute approximate surface area is 200 Å². The van der Waals surface area contributed by atoms with Gasteiger partial charge in [0.2, 0.25) is 0 Å². The molecule has 0 radical (unpaired) electrons. The lowest BCUT2D eigenvalue weighted by atomic mass is 10.0. The number of imidazole rings is 1. The van der Waals surface area contributed by atoms with Crippen LogP contribution in [0.25, 0.3) is 44.4 Å². The molecule has 6 rings (SSSR count). The van der Waals surface area contributed by atoms with E-state index in [1.807, 2.05) is 30.3 Å². The Morgan fingerprint density at radius 1 is 0.944 bits per heavy atom. The normalized spacial score (nSPS) is 12.0. The molecule has 0 saturated carbocycles. The van der Waals surface area contributed by atoms with Crippen molar-refractivity contribution in [1.29, 1.82) is 0 Å². The molecule has 0 bridgehead atoms. The summed E-state index contributed by atoms with van der Waals surface area (Å²) in [6.07, 6.45) is 2.58. The molecule has 0 spiro atoms. The monoisotopic (exact) mass is 487 g/mol. The van der Waals surface area contributed by atoms with Crippen LogP contribution in [0, 0.1) is 0 Å². The van der Waals surface area contributed by atoms with E-state index in [0.717, 1.165) is 28.2 Å². The zero-order valence-electron chi connectivity index (χ0n) is 18.7. The maximum Gasteiger partial charge on any atom is 0.418 e. The van der Waals surface area contributed by atoms with Gasteiger partial charge in [-0.15, -0.1) is 0 Å². The molecule has 0 fully saturated rings. The first-order chi connectivity index (χ1) is 17.3. The van der Waals surface area contributed by atoms with Gasteiger partial charge in [-0.3, -0.25) is 19.1 Å². The highest BCUT2D eigenvalue weighted by atomic mass is 19.4. The molecule has 8 nitrogen and oxygen atoms in total. The lowest BCUT2D eigenvalue weighted by molar-refractivity contribution is -0.137. The Hall–Kier alpha value is -4.80. The summed E-state index contributed by atoms with van der Waals surface area (Å²) in [6, 6.07) is 13.0. The number of rotatable bonds is 3. The first kappa shape index (κ1) is 21.7. The number of aromatic nitrogens is 7. The molecule has 0 amide bonds. The first-order valence-corrected chi connectivity index (χ1v) is 10.8. The molecule has 0 aliphatic heterocycles. The van der Waals surface area contributed by atoms with Crippen LogP contribution in [-0.2, 0) is 13.2 Å². The fraction of sp³-hybridized carbons (Fsp3) is 0.0800. The van der Waals surface area contributed by atoms with E-state index < -0.39 is 17.4 Å². The predicted molar refractivity (Wildman–Crippen MR) is 127 cm³/mol. The van der Waals surface area contributed by atoms with E-state index in [2.05, 4.69) is 20.1 Å². The lowest BCUT2D eigenvalue weighted by Crippen LogP contribution is -2.21. The Kier molecular flexibility index (Phi) is 4.75. The molecule has 36 heavy (non-hydrogen) atoms. The van der Waals surface area contributed by atoms with Crippen molar-refractivity contribution in [2.45, 2.75) is 6.18 Å². The van der Waals surface area contributed by atoms with Crippen molar-refractivity contribution in [2.24, 2.45) is 7.05 Å². The summed E-state index contributed by atoms with van der Waals surface area (Å²) in [5.41, 5.74) is 1.69. The number of fused-ring (bicyclic) bond motifs is 3. The van der Waals surface area contributed by atoms with Crippen LogP contribution in [0.3, 0.4) is 0 Å². The second kappa shape index (κ2) is 7.87. The molecule has 2 aromatic carbocycles. The number of alkyl halides is 3. The third-order valence-electron chi connectivity index (χ3n) is 6.09. The highest BCUT2D eigenvalue weighted by Crippen LogP contribution is 2.36. The summed E-state index contributed by atoms with van der Waals surface area (Å²) < 4.78 is 45.9. The smallest absolute Gasteiger partial charge is 0.293 e. The van der Waals surface area contributed by atoms with Gasteiger partial charge < -0.3 is 0 Å². The van der Waals surface area contributed by atoms with Crippen LogP contribution in [-0.4, -0.2) is 33.9 Å². The largest absolute Gasteiger partial charge is 0.418 e. The lowest BCUT2D eigenvalue weighted by Gasteiger charge is -2.15. The van der Waals surface area contributed by atoms with Crippen LogP contribution in [0.1, 0.15) is 5.56 Å². The molecule has 0 unspecified atom stereocenters. The number of nitrogens with zero attached hydrogens (tertiary/aromatic N) is 7. The summed E-state index contributed by atoms with van der Waals surface area (Å²) >= 11 is 0. The van der Waals surface area contributed by atoms with E-state index in [-0.39, 0.29) is 11.4 Å². The first-order valence-electron chi connectivity index (χ1n) is 10.8. The predicted octanol–water partition coefficient (Wildman–Crippen LogP) is 4.54. The Morgan fingerprint density at radius 2 is 1.81 bits per heavy atom. The maximum absolute atomic E-state index is 14.1. The van der Waals surface area contributed by atoms with Crippen molar-refractivity contribution in [2.75, 3.05) is 0 Å². The molecule has 11 heteroatoms. The summed E-state index contributed by atoms with van der Waals surface area (Å²) in [7, 11) is 1.56. The molecule has 6 aromatic rings. The second-order valence-electron chi connectivity index (χ2n) is 8.18. The Bertz CT molecular complexity index is 1800. The quantitative estimate of drug-likeness (QED) is 0.366. The Balaban J connectivity index is 1.66. The molecule has 0 saturated heterocycles. The average molecular weight is 487 g/mol. The molecular formula is C25H16F3N7O. The molecule has 0 aliphatic carbocycles. The van der Waals surface area contributed by atoms with Crippen LogP contribution >= 0.6 is 0 Å². The second-order valence-corrected chi connectivity index (χ2v) is 8.18. The highest BCUT2D eigenvalue weighted by molar-refractivity contribution is 6.04. The summed E-state index contributed by atoms with van der Waals surface area (Å²) in [5.74, 6) is 0. The molecule has 4 heterocycles. The van der Waals surface area contributed by atoms with Gasteiger partial charge in [0.1, 0.15) is 12.7 Å². The van der Waals surface area contributed by atoms with E-state index in [0.29, 0.717) is 21.9 Å². The number of benzene rings is 2. The van der Waals surface area contributed by atoms with Gasteiger partial charge in [-0.1, -0.05) is 12.1 Å². The molecule has 4 aromatic heterocycles. The van der Waals surface area contributed by atoms with Gasteiger partial charge in [0.15, 0.2) is 0 Å². The molecule has 0 N–H and O–H groups in total. The van der Waals surface area contributed by atoms with Gasteiger partial charge in [-0.2, -0.15) is 18.3 Å². The van der Waals surface area contributed by atoms with E-state index in [1.165, 1.54) is 27.6 Å². The zero-order chi connectivity index (χ0) is 25.0. The van der Waals surface area contributed by atoms with Gasteiger partial charge in [-0.05, 0) is 42.0 Å². The fourth-order valence-electron chi connectivity index (χ4n) is 4.37. The minimum Gasteiger partial charge on any atom is -0.293 e. The van der Waals surface area contributed by atoms with Gasteiger partial charge in [0, 0.05) is 30.4 Å². The third kappa shape index (κ3) is 3.35. The van der Waals surface area contributed by atoms with Crippen molar-refractivity contribution in [3.8, 4) is 22.5 Å². The van der Waals surface area contributed by atoms with Gasteiger partial charge in [0.05, 0.1) is 39.7 Å². The zero-order valence-corrected chi connectivity index (χ0v) is 18.7. The Morgan fingerprint density at radius 3 is 2.53 bits per heavy atom. The summed E-state index contributed by atoms with van der Waals surface area (Å²) in [5, 5.41) is 4.46. The molecule has 0 atom stereocenters. The highest BCUT2D eigenvalue weighted by Gasteiger charge is 2.35. The van der Waals surface area contributed by atoms with Crippen LogP contribution in [0.4, 0.5) is 13.2 Å². The minimum atomic E-state index is -4.69. The molecular weight excluding hydrogens is 471 g/mol. The standard InChI is InChI=1S/C25H16F3N7O/c1-33-22-12-31-20-6-4-15(16-3-2-8-29-11-16)9-18(20)23(22)35(24(33)36)17-5-7-21(34-14-30-13-32-34)19(10-17)25(26,27)28/h2-14H,1H3. The van der Waals surface area contributed by atoms with E-state index in [1.54, 1.807) is 25.6 Å². The van der Waals surface area contributed by atoms with Gasteiger partial charge in [-0.25, -0.2) is 14.5 Å². The van der Waals surface area contributed by atoms with Crippen LogP contribution in [0.2, 0.25) is 0 Å². The fourth-order valence-corrected chi connectivity index (χ4v) is 4.37. The van der Waals surface area contributed by atoms with E-state index in [9.17, 15) is 18.0 Å². The van der Waals surface area contributed by atoms with Crippen LogP contribution < -0.4 is 5.69 Å². The van der Waals surface area contributed by atoms with Crippen molar-refractivity contribution in [3.63, 3.8) is 0 Å². The number of halogens is 3. The average Bonchev–Trinajstić information content (AvgIpc) is 3.51. The molecule has 178 valence electrons. The van der Waals surface area contributed by atoms with Gasteiger partial charge in [0.25, 0.3) is 0 Å². The van der Waals surface area contributed by atoms with E-state index in [4.69, 9.17) is 0 Å². The van der Waals surface area contributed by atoms with Crippen molar-refractivity contribution in [3.05, 3.63) is 95.8 Å². The van der Waals surface area contributed by atoms with Gasteiger partial charge >= 0.3 is 11.9 Å². The number of aryl methyl sites for hydroxylation is 1. The van der Waals surface area contributed by atoms with Crippen LogP contribution in [0.15, 0.2) is 84.6 Å². The number of pyridine rings is 2.